The Morgan fingerprint density at radius 3 is 2.31 bits per heavy atom. The lowest BCUT2D eigenvalue weighted by Gasteiger charge is -2.07. The number of carboxylic acid groups (broad SMARTS) is 1. The zero-order valence-corrected chi connectivity index (χ0v) is 6.37. The second kappa shape index (κ2) is 3.44. The van der Waals surface area contributed by atoms with E-state index in [-0.39, 0.29) is 0 Å². The Hall–Kier alpha value is -1.56. The molecule has 0 spiro atoms. The molecule has 0 amide bonds. The van der Waals surface area contributed by atoms with Crippen LogP contribution in [0.25, 0.3) is 0 Å². The molecule has 70 valence electrons. The molecule has 1 unspecified atom stereocenters. The molecule has 3 N–H and O–H groups in total. The van der Waals surface area contributed by atoms with Crippen LogP contribution >= 0.6 is 0 Å². The van der Waals surface area contributed by atoms with Crippen molar-refractivity contribution in [2.45, 2.75) is 6.04 Å². The van der Waals surface area contributed by atoms with Crippen LogP contribution in [-0.2, 0) is 4.79 Å². The van der Waals surface area contributed by atoms with Crippen LogP contribution in [0.15, 0.2) is 12.4 Å². The molecule has 1 heterocycles. The van der Waals surface area contributed by atoms with Gasteiger partial charge in [0, 0.05) is 0 Å². The van der Waals surface area contributed by atoms with E-state index in [0.29, 0.717) is 12.4 Å². The van der Waals surface area contributed by atoms with Gasteiger partial charge in [0.05, 0.1) is 18.0 Å². The van der Waals surface area contributed by atoms with Gasteiger partial charge in [0.25, 0.3) is 0 Å². The first-order chi connectivity index (χ1) is 6.04. The third-order valence-electron chi connectivity index (χ3n) is 1.47. The fourth-order valence-electron chi connectivity index (χ4n) is 0.842. The minimum atomic E-state index is -1.71. The van der Waals surface area contributed by atoms with Crippen molar-refractivity contribution in [2.24, 2.45) is 5.73 Å². The molecule has 1 atom stereocenters. The molecule has 0 saturated carbocycles. The third kappa shape index (κ3) is 1.78. The molecule has 4 nitrogen and oxygen atoms in total. The molecule has 6 heteroatoms. The molecule has 0 aliphatic heterocycles. The van der Waals surface area contributed by atoms with Crippen LogP contribution in [-0.4, -0.2) is 16.1 Å². The third-order valence-corrected chi connectivity index (χ3v) is 1.47. The van der Waals surface area contributed by atoms with Gasteiger partial charge in [-0.25, -0.2) is 8.78 Å². The summed E-state index contributed by atoms with van der Waals surface area (Å²) in [5.41, 5.74) is 4.35. The Labute approximate surface area is 72.0 Å². The Kier molecular flexibility index (Phi) is 2.52. The summed E-state index contributed by atoms with van der Waals surface area (Å²) in [6.45, 7) is 0. The van der Waals surface area contributed by atoms with Crippen molar-refractivity contribution in [3.63, 3.8) is 0 Å². The fourth-order valence-corrected chi connectivity index (χ4v) is 0.842. The highest BCUT2D eigenvalue weighted by Crippen LogP contribution is 2.17. The molecule has 1 aromatic heterocycles. The zero-order chi connectivity index (χ0) is 10.0. The van der Waals surface area contributed by atoms with Crippen LogP contribution in [0.2, 0.25) is 0 Å². The van der Waals surface area contributed by atoms with Gasteiger partial charge in [-0.3, -0.25) is 9.78 Å². The maximum Gasteiger partial charge on any atom is 0.325 e. The van der Waals surface area contributed by atoms with Gasteiger partial charge >= 0.3 is 5.97 Å². The van der Waals surface area contributed by atoms with E-state index in [4.69, 9.17) is 10.8 Å². The monoisotopic (exact) mass is 188 g/mol. The molecule has 0 bridgehead atoms. The molecule has 0 radical (unpaired) electrons. The number of carboxylic acids is 1. The number of hydrogen-bond acceptors (Lipinski definition) is 3. The Morgan fingerprint density at radius 1 is 1.46 bits per heavy atom. The summed E-state index contributed by atoms with van der Waals surface area (Å²) in [5, 5.41) is 8.41. The smallest absolute Gasteiger partial charge is 0.325 e. The van der Waals surface area contributed by atoms with Gasteiger partial charge in [-0.15, -0.1) is 0 Å². The van der Waals surface area contributed by atoms with Crippen LogP contribution in [0.1, 0.15) is 11.6 Å². The fraction of sp³-hybridized carbons (Fsp3) is 0.143. The Bertz CT molecular complexity index is 323. The summed E-state index contributed by atoms with van der Waals surface area (Å²) in [6.07, 6.45) is 1.42. The average Bonchev–Trinajstić information content (AvgIpc) is 2.03. The van der Waals surface area contributed by atoms with Crippen LogP contribution in [0, 0.1) is 11.6 Å². The van der Waals surface area contributed by atoms with Gasteiger partial charge in [0.1, 0.15) is 17.7 Å². The first-order valence-electron chi connectivity index (χ1n) is 3.31. The summed E-state index contributed by atoms with van der Waals surface area (Å²) < 4.78 is 25.6. The first-order valence-corrected chi connectivity index (χ1v) is 3.31. The maximum atomic E-state index is 12.8. The maximum absolute atomic E-state index is 12.8. The van der Waals surface area contributed by atoms with Gasteiger partial charge in [-0.2, -0.15) is 0 Å². The van der Waals surface area contributed by atoms with Gasteiger partial charge in [0.15, 0.2) is 0 Å². The molecule has 0 aliphatic carbocycles. The quantitative estimate of drug-likeness (QED) is 0.706. The number of nitrogens with zero attached hydrogens (tertiary/aromatic N) is 1. The van der Waals surface area contributed by atoms with E-state index in [1.165, 1.54) is 0 Å². The number of rotatable bonds is 2. The molecule has 0 aromatic carbocycles. The number of nitrogens with two attached hydrogens (primary N) is 1. The second-order valence-corrected chi connectivity index (χ2v) is 2.33. The number of carbonyl (C=O) groups is 1. The van der Waals surface area contributed by atoms with E-state index in [9.17, 15) is 13.6 Å². The van der Waals surface area contributed by atoms with E-state index in [1.54, 1.807) is 0 Å². The summed E-state index contributed by atoms with van der Waals surface area (Å²) in [7, 11) is 0. The van der Waals surface area contributed by atoms with Crippen LogP contribution in [0.4, 0.5) is 8.78 Å². The van der Waals surface area contributed by atoms with Crippen molar-refractivity contribution in [3.05, 3.63) is 29.6 Å². The normalized spacial score (nSPS) is 12.5. The van der Waals surface area contributed by atoms with Gasteiger partial charge in [-0.1, -0.05) is 0 Å². The largest absolute Gasteiger partial charge is 0.480 e. The van der Waals surface area contributed by atoms with Gasteiger partial charge in [0.2, 0.25) is 0 Å². The lowest BCUT2D eigenvalue weighted by molar-refractivity contribution is -0.138. The minimum Gasteiger partial charge on any atom is -0.480 e. The number of halogens is 2. The molecule has 0 saturated heterocycles. The Morgan fingerprint density at radius 2 is 1.92 bits per heavy atom. The highest BCUT2D eigenvalue weighted by atomic mass is 19.1. The number of aromatic nitrogens is 1. The number of pyridine rings is 1. The van der Waals surface area contributed by atoms with Crippen molar-refractivity contribution in [1.29, 1.82) is 0 Å². The molecular formula is C7H6F2N2O2. The van der Waals surface area contributed by atoms with Crippen molar-refractivity contribution in [3.8, 4) is 0 Å². The molecular weight excluding hydrogens is 182 g/mol. The Balaban J connectivity index is 3.20. The highest BCUT2D eigenvalue weighted by Gasteiger charge is 2.22. The predicted molar refractivity (Wildman–Crippen MR) is 38.7 cm³/mol. The SMILES string of the molecule is NC(C(=O)O)c1c(F)cncc1F. The topological polar surface area (TPSA) is 76.2 Å². The van der Waals surface area contributed by atoms with Gasteiger partial charge < -0.3 is 10.8 Å². The van der Waals surface area contributed by atoms with E-state index in [1.807, 2.05) is 0 Å². The summed E-state index contributed by atoms with van der Waals surface area (Å²) in [4.78, 5) is 13.5. The van der Waals surface area contributed by atoms with Crippen LogP contribution in [0.5, 0.6) is 0 Å². The van der Waals surface area contributed by atoms with Crippen molar-refractivity contribution < 1.29 is 18.7 Å². The summed E-state index contributed by atoms with van der Waals surface area (Å²) >= 11 is 0. The van der Waals surface area contributed by atoms with E-state index >= 15 is 0 Å². The molecule has 1 aromatic rings. The van der Waals surface area contributed by atoms with Gasteiger partial charge in [-0.05, 0) is 0 Å². The first kappa shape index (κ1) is 9.53. The molecule has 1 rings (SSSR count). The number of hydrogen-bond donors (Lipinski definition) is 2. The predicted octanol–water partition coefficient (Wildman–Crippen LogP) is 0.444. The second-order valence-electron chi connectivity index (χ2n) is 2.33. The van der Waals surface area contributed by atoms with Crippen molar-refractivity contribution in [2.75, 3.05) is 0 Å². The summed E-state index contributed by atoms with van der Waals surface area (Å²) in [5.74, 6) is -3.62. The molecule has 0 aliphatic rings. The summed E-state index contributed by atoms with van der Waals surface area (Å²) in [6, 6.07) is -1.71. The number of aliphatic carboxylic acids is 1. The standard InChI is InChI=1S/C7H6F2N2O2/c8-3-1-11-2-4(9)5(3)6(10)7(12)13/h1-2,6H,10H2,(H,12,13). The lowest BCUT2D eigenvalue weighted by Crippen LogP contribution is -2.23. The highest BCUT2D eigenvalue weighted by molar-refractivity contribution is 5.75. The van der Waals surface area contributed by atoms with E-state index < -0.39 is 29.2 Å². The van der Waals surface area contributed by atoms with Crippen molar-refractivity contribution in [1.82, 2.24) is 4.98 Å². The molecule has 0 fully saturated rings. The zero-order valence-electron chi connectivity index (χ0n) is 6.37. The van der Waals surface area contributed by atoms with Crippen LogP contribution < -0.4 is 5.73 Å². The minimum absolute atomic E-state index is 0.678. The van der Waals surface area contributed by atoms with E-state index in [2.05, 4.69) is 4.98 Å². The molecule has 13 heavy (non-hydrogen) atoms. The van der Waals surface area contributed by atoms with Crippen LogP contribution in [0.3, 0.4) is 0 Å². The lowest BCUT2D eigenvalue weighted by atomic mass is 10.1. The average molecular weight is 188 g/mol. The van der Waals surface area contributed by atoms with E-state index in [0.717, 1.165) is 0 Å². The van der Waals surface area contributed by atoms with Crippen molar-refractivity contribution >= 4 is 5.97 Å².